The molecule has 0 bridgehead atoms. The van der Waals surface area contributed by atoms with Crippen LogP contribution in [0, 0.1) is 0 Å². The number of ether oxygens (including phenoxy) is 2. The van der Waals surface area contributed by atoms with Crippen molar-refractivity contribution >= 4 is 44.2 Å². The lowest BCUT2D eigenvalue weighted by atomic mass is 9.89. The van der Waals surface area contributed by atoms with Crippen LogP contribution in [0.15, 0.2) is 185 Å². The zero-order valence-electron chi connectivity index (χ0n) is 30.0. The third kappa shape index (κ3) is 5.57. The number of nitrogens with zero attached hydrogens (tertiary/aromatic N) is 3. The number of nitrogens with one attached hydrogen (secondary N) is 1. The van der Waals surface area contributed by atoms with Crippen LogP contribution in [0.5, 0.6) is 23.0 Å². The Hall–Kier alpha value is -6.92. The van der Waals surface area contributed by atoms with Crippen LogP contribution in [0.4, 0.5) is 0 Å². The molecular formula is C49H36N4O2. The molecule has 7 aromatic rings. The predicted octanol–water partition coefficient (Wildman–Crippen LogP) is 11.9. The zero-order chi connectivity index (χ0) is 36.3. The summed E-state index contributed by atoms with van der Waals surface area (Å²) in [7, 11) is 0. The summed E-state index contributed by atoms with van der Waals surface area (Å²) in [5.41, 5.74) is 7.99. The van der Waals surface area contributed by atoms with Gasteiger partial charge >= 0.3 is 0 Å². The first-order valence-corrected chi connectivity index (χ1v) is 19.0. The molecule has 11 rings (SSSR count). The second-order valence-electron chi connectivity index (χ2n) is 14.5. The van der Waals surface area contributed by atoms with Gasteiger partial charge in [-0.1, -0.05) is 115 Å². The van der Waals surface area contributed by atoms with E-state index in [0.29, 0.717) is 5.75 Å². The first-order chi connectivity index (χ1) is 27.2. The SMILES string of the molecule is C1=CCCC(C2N=C(c3ccccc3)N=C(C3=CCC(c4ccc(-n5c6cc7c(cc6c6cc8ccccc8cc65)Oc5ccccc5O7)cc4)C=C3)N2)=C1. The summed E-state index contributed by atoms with van der Waals surface area (Å²) in [5.74, 6) is 4.78. The van der Waals surface area contributed by atoms with Crippen LogP contribution in [-0.2, 0) is 0 Å². The van der Waals surface area contributed by atoms with Gasteiger partial charge in [0.05, 0.1) is 11.0 Å². The summed E-state index contributed by atoms with van der Waals surface area (Å²) in [6, 6.07) is 44.5. The molecule has 2 atom stereocenters. The topological polar surface area (TPSA) is 60.1 Å². The van der Waals surface area contributed by atoms with E-state index in [1.54, 1.807) is 0 Å². The predicted molar refractivity (Wildman–Crippen MR) is 223 cm³/mol. The van der Waals surface area contributed by atoms with Gasteiger partial charge in [-0.25, -0.2) is 9.98 Å². The Labute approximate surface area is 318 Å². The molecule has 3 heterocycles. The largest absolute Gasteiger partial charge is 0.449 e. The molecule has 2 aliphatic carbocycles. The van der Waals surface area contributed by atoms with Crippen LogP contribution < -0.4 is 14.8 Å². The molecule has 2 unspecified atom stereocenters. The van der Waals surface area contributed by atoms with Crippen molar-refractivity contribution < 1.29 is 9.47 Å². The maximum atomic E-state index is 6.39. The third-order valence-electron chi connectivity index (χ3n) is 11.1. The molecule has 1 aromatic heterocycles. The van der Waals surface area contributed by atoms with E-state index in [-0.39, 0.29) is 12.1 Å². The van der Waals surface area contributed by atoms with E-state index in [9.17, 15) is 0 Å². The van der Waals surface area contributed by atoms with Crippen LogP contribution in [0.2, 0.25) is 0 Å². The number of aromatic nitrogens is 1. The van der Waals surface area contributed by atoms with Crippen LogP contribution in [0.1, 0.15) is 36.3 Å². The number of hydrogen-bond acceptors (Lipinski definition) is 5. The highest BCUT2D eigenvalue weighted by molar-refractivity contribution is 6.15. The van der Waals surface area contributed by atoms with Gasteiger partial charge in [-0.3, -0.25) is 0 Å². The van der Waals surface area contributed by atoms with Gasteiger partial charge < -0.3 is 19.4 Å². The van der Waals surface area contributed by atoms with E-state index in [0.717, 1.165) is 81.4 Å². The van der Waals surface area contributed by atoms with Crippen LogP contribution in [0.25, 0.3) is 38.3 Å². The minimum Gasteiger partial charge on any atom is -0.449 e. The van der Waals surface area contributed by atoms with Crippen molar-refractivity contribution in [3.63, 3.8) is 0 Å². The molecule has 1 N–H and O–H groups in total. The van der Waals surface area contributed by atoms with Crippen LogP contribution >= 0.6 is 0 Å². The maximum absolute atomic E-state index is 6.39. The molecule has 4 aliphatic rings. The molecule has 0 fully saturated rings. The fraction of sp³-hybridized carbons (Fsp3) is 0.102. The lowest BCUT2D eigenvalue weighted by molar-refractivity contribution is 0.360. The van der Waals surface area contributed by atoms with Crippen molar-refractivity contribution in [2.24, 2.45) is 9.98 Å². The Morgan fingerprint density at radius 2 is 1.40 bits per heavy atom. The summed E-state index contributed by atoms with van der Waals surface area (Å²) in [6.45, 7) is 0. The van der Waals surface area contributed by atoms with Crippen molar-refractivity contribution in [2.75, 3.05) is 0 Å². The number of hydrogen-bond donors (Lipinski definition) is 1. The number of benzene rings is 6. The first-order valence-electron chi connectivity index (χ1n) is 19.0. The summed E-state index contributed by atoms with van der Waals surface area (Å²) in [4.78, 5) is 10.1. The van der Waals surface area contributed by atoms with E-state index in [1.807, 2.05) is 42.5 Å². The van der Waals surface area contributed by atoms with Gasteiger partial charge in [0.15, 0.2) is 28.8 Å². The monoisotopic (exact) mass is 712 g/mol. The first kappa shape index (κ1) is 31.6. The summed E-state index contributed by atoms with van der Waals surface area (Å²) in [6.07, 6.45) is 16.2. The highest BCUT2D eigenvalue weighted by Crippen LogP contribution is 2.48. The number of rotatable bonds is 5. The van der Waals surface area contributed by atoms with E-state index in [1.165, 1.54) is 27.3 Å². The fourth-order valence-electron chi connectivity index (χ4n) is 8.27. The average Bonchev–Trinajstić information content (AvgIpc) is 3.56. The Morgan fingerprint density at radius 1 is 0.691 bits per heavy atom. The Kier molecular flexibility index (Phi) is 7.40. The second-order valence-corrected chi connectivity index (χ2v) is 14.5. The van der Waals surface area contributed by atoms with Gasteiger partial charge in [-0.2, -0.15) is 0 Å². The van der Waals surface area contributed by atoms with Crippen molar-refractivity contribution in [3.05, 3.63) is 186 Å². The third-order valence-corrected chi connectivity index (χ3v) is 11.1. The van der Waals surface area contributed by atoms with E-state index in [4.69, 9.17) is 19.5 Å². The number of fused-ring (bicyclic) bond motifs is 6. The Bertz CT molecular complexity index is 2870. The molecule has 55 heavy (non-hydrogen) atoms. The molecule has 0 radical (unpaired) electrons. The van der Waals surface area contributed by atoms with Gasteiger partial charge in [0.25, 0.3) is 0 Å². The van der Waals surface area contributed by atoms with Gasteiger partial charge in [-0.05, 0) is 83.6 Å². The molecule has 0 saturated carbocycles. The molecule has 2 aliphatic heterocycles. The Morgan fingerprint density at radius 3 is 2.15 bits per heavy atom. The second kappa shape index (κ2) is 12.9. The molecule has 0 amide bonds. The molecule has 0 saturated heterocycles. The van der Waals surface area contributed by atoms with Crippen molar-refractivity contribution in [2.45, 2.75) is 31.3 Å². The molecular weight excluding hydrogens is 677 g/mol. The fourth-order valence-corrected chi connectivity index (χ4v) is 8.27. The summed E-state index contributed by atoms with van der Waals surface area (Å²) < 4.78 is 15.1. The molecule has 6 heteroatoms. The zero-order valence-corrected chi connectivity index (χ0v) is 30.0. The summed E-state index contributed by atoms with van der Waals surface area (Å²) >= 11 is 0. The lowest BCUT2D eigenvalue weighted by Gasteiger charge is -2.27. The average molecular weight is 713 g/mol. The highest BCUT2D eigenvalue weighted by Gasteiger charge is 2.26. The van der Waals surface area contributed by atoms with Gasteiger partial charge in [-0.15, -0.1) is 0 Å². The highest BCUT2D eigenvalue weighted by atomic mass is 16.6. The molecule has 0 spiro atoms. The molecule has 6 nitrogen and oxygen atoms in total. The van der Waals surface area contributed by atoms with E-state index >= 15 is 0 Å². The van der Waals surface area contributed by atoms with E-state index < -0.39 is 0 Å². The standard InChI is InChI=1S/C49H36N4O2/c1-3-11-33(12-4-1)47-50-48(34-13-5-2-6-14-34)52-49(51-47)35-21-19-31(20-22-35)32-23-25-38(26-24-32)53-41-28-37-16-8-7-15-36(37)27-39(41)40-29-45-46(30-42(40)53)55-44-18-10-9-17-43(44)54-45/h1-5,7-13,15-19,21-31,48H,6,14,20H2,(H,50,51,52). The Balaban J connectivity index is 0.920. The summed E-state index contributed by atoms with van der Waals surface area (Å²) in [5, 5.41) is 8.36. The minimum absolute atomic E-state index is 0.133. The maximum Gasteiger partial charge on any atom is 0.172 e. The van der Waals surface area contributed by atoms with E-state index in [2.05, 4.69) is 131 Å². The number of aliphatic imine (C=N–C) groups is 2. The number of allylic oxidation sites excluding steroid dienone is 5. The van der Waals surface area contributed by atoms with Crippen molar-refractivity contribution in [3.8, 4) is 28.7 Å². The van der Waals surface area contributed by atoms with Gasteiger partial charge in [0.2, 0.25) is 0 Å². The number of amidine groups is 2. The normalized spacial score (nSPS) is 18.7. The van der Waals surface area contributed by atoms with Crippen LogP contribution in [0.3, 0.4) is 0 Å². The van der Waals surface area contributed by atoms with Gasteiger partial charge in [0.1, 0.15) is 12.0 Å². The quantitative estimate of drug-likeness (QED) is 0.193. The lowest BCUT2D eigenvalue weighted by Crippen LogP contribution is -2.40. The van der Waals surface area contributed by atoms with Crippen molar-refractivity contribution in [1.29, 1.82) is 0 Å². The molecule has 6 aromatic carbocycles. The van der Waals surface area contributed by atoms with Gasteiger partial charge in [0, 0.05) is 39.6 Å². The number of para-hydroxylation sites is 2. The molecule has 264 valence electrons. The van der Waals surface area contributed by atoms with Crippen molar-refractivity contribution in [1.82, 2.24) is 9.88 Å². The smallest absolute Gasteiger partial charge is 0.172 e. The minimum atomic E-state index is -0.133. The van der Waals surface area contributed by atoms with Crippen LogP contribution in [-0.4, -0.2) is 22.4 Å².